The van der Waals surface area contributed by atoms with Gasteiger partial charge in [-0.25, -0.2) is 0 Å². The number of hydrogen-bond acceptors (Lipinski definition) is 2. The van der Waals surface area contributed by atoms with E-state index in [9.17, 15) is 4.79 Å². The average Bonchev–Trinajstić information content (AvgIpc) is 2.40. The normalized spacial score (nSPS) is 10.3. The molecule has 0 spiro atoms. The van der Waals surface area contributed by atoms with E-state index in [1.807, 2.05) is 30.0 Å². The molecule has 0 aromatic heterocycles. The molecule has 0 atom stereocenters. The topological polar surface area (TPSA) is 29.5 Å². The van der Waals surface area contributed by atoms with Gasteiger partial charge in [-0.2, -0.15) is 0 Å². The maximum Gasteiger partial charge on any atom is 0.226 e. The van der Waals surface area contributed by atoms with Crippen LogP contribution in [0.4, 0.5) is 0 Å². The Kier molecular flexibility index (Phi) is 6.40. The van der Waals surface area contributed by atoms with Crippen LogP contribution in [0.3, 0.4) is 0 Å². The van der Waals surface area contributed by atoms with Gasteiger partial charge >= 0.3 is 0 Å². The number of ether oxygens (including phenoxy) is 1. The van der Waals surface area contributed by atoms with E-state index >= 15 is 0 Å². The zero-order chi connectivity index (χ0) is 14.3. The van der Waals surface area contributed by atoms with Crippen molar-refractivity contribution in [2.45, 2.75) is 40.0 Å². The van der Waals surface area contributed by atoms with Gasteiger partial charge in [0.1, 0.15) is 5.75 Å². The maximum absolute atomic E-state index is 12.3. The fourth-order valence-electron chi connectivity index (χ4n) is 2.16. The Hall–Kier alpha value is -1.51. The smallest absolute Gasteiger partial charge is 0.226 e. The number of carbonyl (C=O) groups excluding carboxylic acids is 1. The fraction of sp³-hybridized carbons (Fsp3) is 0.562. The SMILES string of the molecule is CCCN(CCC)C(=O)Cc1ccc(C)c(OC)c1. The Labute approximate surface area is 116 Å². The molecule has 0 aliphatic heterocycles. The summed E-state index contributed by atoms with van der Waals surface area (Å²) in [5.41, 5.74) is 2.11. The highest BCUT2D eigenvalue weighted by molar-refractivity contribution is 5.79. The van der Waals surface area contributed by atoms with Crippen molar-refractivity contribution in [1.29, 1.82) is 0 Å². The largest absolute Gasteiger partial charge is 0.496 e. The van der Waals surface area contributed by atoms with Crippen LogP contribution in [-0.2, 0) is 11.2 Å². The number of hydrogen-bond donors (Lipinski definition) is 0. The first-order valence-corrected chi connectivity index (χ1v) is 7.03. The minimum atomic E-state index is 0.203. The maximum atomic E-state index is 12.3. The number of aryl methyl sites for hydroxylation is 1. The molecule has 3 nitrogen and oxygen atoms in total. The first-order chi connectivity index (χ1) is 9.12. The summed E-state index contributed by atoms with van der Waals surface area (Å²) in [6.45, 7) is 7.89. The molecule has 106 valence electrons. The predicted octanol–water partition coefficient (Wildman–Crippen LogP) is 3.19. The van der Waals surface area contributed by atoms with E-state index in [1.54, 1.807) is 7.11 Å². The zero-order valence-corrected chi connectivity index (χ0v) is 12.5. The lowest BCUT2D eigenvalue weighted by Crippen LogP contribution is -2.33. The second-order valence-corrected chi connectivity index (χ2v) is 4.86. The molecule has 19 heavy (non-hydrogen) atoms. The minimum Gasteiger partial charge on any atom is -0.496 e. The second kappa shape index (κ2) is 7.82. The summed E-state index contributed by atoms with van der Waals surface area (Å²) in [7, 11) is 1.66. The third-order valence-corrected chi connectivity index (χ3v) is 3.17. The summed E-state index contributed by atoms with van der Waals surface area (Å²) < 4.78 is 5.30. The van der Waals surface area contributed by atoms with Gasteiger partial charge in [-0.3, -0.25) is 4.79 Å². The van der Waals surface area contributed by atoms with Crippen molar-refractivity contribution in [3.05, 3.63) is 29.3 Å². The van der Waals surface area contributed by atoms with Gasteiger partial charge in [0.25, 0.3) is 0 Å². The van der Waals surface area contributed by atoms with Gasteiger partial charge in [-0.1, -0.05) is 26.0 Å². The summed E-state index contributed by atoms with van der Waals surface area (Å²) >= 11 is 0. The van der Waals surface area contributed by atoms with Crippen LogP contribution in [0.1, 0.15) is 37.8 Å². The van der Waals surface area contributed by atoms with Crippen LogP contribution in [0.5, 0.6) is 5.75 Å². The summed E-state index contributed by atoms with van der Waals surface area (Å²) in [6.07, 6.45) is 2.46. The van der Waals surface area contributed by atoms with Crippen LogP contribution in [0.15, 0.2) is 18.2 Å². The van der Waals surface area contributed by atoms with E-state index in [4.69, 9.17) is 4.74 Å². The van der Waals surface area contributed by atoms with E-state index in [-0.39, 0.29) is 5.91 Å². The van der Waals surface area contributed by atoms with Gasteiger partial charge in [-0.05, 0) is 37.0 Å². The number of methoxy groups -OCH3 is 1. The molecule has 0 aliphatic rings. The lowest BCUT2D eigenvalue weighted by molar-refractivity contribution is -0.130. The van der Waals surface area contributed by atoms with Gasteiger partial charge < -0.3 is 9.64 Å². The third kappa shape index (κ3) is 4.58. The summed E-state index contributed by atoms with van der Waals surface area (Å²) in [6, 6.07) is 5.97. The molecular formula is C16H25NO2. The summed E-state index contributed by atoms with van der Waals surface area (Å²) in [4.78, 5) is 14.2. The van der Waals surface area contributed by atoms with Gasteiger partial charge in [0, 0.05) is 13.1 Å². The van der Waals surface area contributed by atoms with Crippen LogP contribution >= 0.6 is 0 Å². The van der Waals surface area contributed by atoms with Crippen molar-refractivity contribution in [2.24, 2.45) is 0 Å². The molecule has 3 heteroatoms. The van der Waals surface area contributed by atoms with Crippen LogP contribution in [-0.4, -0.2) is 31.0 Å². The van der Waals surface area contributed by atoms with Crippen molar-refractivity contribution >= 4 is 5.91 Å². The van der Waals surface area contributed by atoms with Gasteiger partial charge in [-0.15, -0.1) is 0 Å². The molecule has 0 heterocycles. The quantitative estimate of drug-likeness (QED) is 0.756. The van der Waals surface area contributed by atoms with E-state index in [2.05, 4.69) is 13.8 Å². The molecule has 0 saturated carbocycles. The highest BCUT2D eigenvalue weighted by atomic mass is 16.5. The van der Waals surface area contributed by atoms with Crippen LogP contribution in [0.2, 0.25) is 0 Å². The van der Waals surface area contributed by atoms with E-state index < -0.39 is 0 Å². The third-order valence-electron chi connectivity index (χ3n) is 3.17. The average molecular weight is 263 g/mol. The lowest BCUT2D eigenvalue weighted by atomic mass is 10.1. The number of benzene rings is 1. The number of amides is 1. The molecule has 1 amide bonds. The zero-order valence-electron chi connectivity index (χ0n) is 12.5. The van der Waals surface area contributed by atoms with E-state index in [0.29, 0.717) is 6.42 Å². The summed E-state index contributed by atoms with van der Waals surface area (Å²) in [5.74, 6) is 1.05. The standard InChI is InChI=1S/C16H25NO2/c1-5-9-17(10-6-2)16(18)12-14-8-7-13(3)15(11-14)19-4/h7-8,11H,5-6,9-10,12H2,1-4H3. The van der Waals surface area contributed by atoms with Crippen molar-refractivity contribution in [1.82, 2.24) is 4.90 Å². The Morgan fingerprint density at radius 3 is 2.37 bits per heavy atom. The molecule has 0 radical (unpaired) electrons. The Balaban J connectivity index is 2.74. The number of nitrogens with zero attached hydrogens (tertiary/aromatic N) is 1. The molecule has 0 bridgehead atoms. The van der Waals surface area contributed by atoms with Gasteiger partial charge in [0.2, 0.25) is 5.91 Å². The molecule has 1 aromatic rings. The van der Waals surface area contributed by atoms with Crippen LogP contribution in [0, 0.1) is 6.92 Å². The molecule has 1 aromatic carbocycles. The minimum absolute atomic E-state index is 0.203. The molecular weight excluding hydrogens is 238 g/mol. The van der Waals surface area contributed by atoms with Crippen molar-refractivity contribution < 1.29 is 9.53 Å². The first kappa shape index (κ1) is 15.5. The van der Waals surface area contributed by atoms with Crippen LogP contribution in [0.25, 0.3) is 0 Å². The number of rotatable bonds is 7. The molecule has 0 fully saturated rings. The molecule has 1 rings (SSSR count). The first-order valence-electron chi connectivity index (χ1n) is 7.03. The fourth-order valence-corrected chi connectivity index (χ4v) is 2.16. The van der Waals surface area contributed by atoms with Crippen LogP contribution < -0.4 is 4.74 Å². The van der Waals surface area contributed by atoms with E-state index in [0.717, 1.165) is 42.8 Å². The van der Waals surface area contributed by atoms with Gasteiger partial charge in [0.05, 0.1) is 13.5 Å². The summed E-state index contributed by atoms with van der Waals surface area (Å²) in [5, 5.41) is 0. The molecule has 0 unspecified atom stereocenters. The van der Waals surface area contributed by atoms with Crippen molar-refractivity contribution in [3.8, 4) is 5.75 Å². The second-order valence-electron chi connectivity index (χ2n) is 4.86. The molecule has 0 N–H and O–H groups in total. The van der Waals surface area contributed by atoms with Crippen molar-refractivity contribution in [3.63, 3.8) is 0 Å². The molecule has 0 aliphatic carbocycles. The Bertz CT molecular complexity index is 409. The highest BCUT2D eigenvalue weighted by Crippen LogP contribution is 2.19. The Morgan fingerprint density at radius 1 is 1.21 bits per heavy atom. The lowest BCUT2D eigenvalue weighted by Gasteiger charge is -2.21. The number of carbonyl (C=O) groups is 1. The molecule has 0 saturated heterocycles. The highest BCUT2D eigenvalue weighted by Gasteiger charge is 2.13. The van der Waals surface area contributed by atoms with Gasteiger partial charge in [0.15, 0.2) is 0 Å². The Morgan fingerprint density at radius 2 is 1.84 bits per heavy atom. The predicted molar refractivity (Wildman–Crippen MR) is 78.6 cm³/mol. The van der Waals surface area contributed by atoms with E-state index in [1.165, 1.54) is 0 Å². The monoisotopic (exact) mass is 263 g/mol. The van der Waals surface area contributed by atoms with Crippen molar-refractivity contribution in [2.75, 3.05) is 20.2 Å².